The largest absolute Gasteiger partial charge is 0.273 e. The van der Waals surface area contributed by atoms with Crippen LogP contribution in [0.5, 0.6) is 0 Å². The van der Waals surface area contributed by atoms with E-state index < -0.39 is 0 Å². The molecule has 0 unspecified atom stereocenters. The first-order chi connectivity index (χ1) is 6.22. The van der Waals surface area contributed by atoms with Gasteiger partial charge in [0.1, 0.15) is 0 Å². The number of nitrogens with one attached hydrogen (secondary N) is 1. The number of hydroxylamine groups is 1. The van der Waals surface area contributed by atoms with E-state index in [0.29, 0.717) is 12.2 Å². The minimum absolute atomic E-state index is 0.141. The number of rotatable bonds is 6. The number of amides is 1. The molecule has 0 aliphatic heterocycles. The number of allylic oxidation sites excluding steroid dienone is 1. The zero-order chi connectivity index (χ0) is 10.1. The zero-order valence-electron chi connectivity index (χ0n) is 8.72. The summed E-state index contributed by atoms with van der Waals surface area (Å²) in [7, 11) is 0. The van der Waals surface area contributed by atoms with Crippen LogP contribution < -0.4 is 5.48 Å². The normalized spacial score (nSPS) is 11.5. The molecule has 3 heteroatoms. The third kappa shape index (κ3) is 6.34. The van der Waals surface area contributed by atoms with Crippen molar-refractivity contribution in [1.29, 1.82) is 0 Å². The highest BCUT2D eigenvalue weighted by Gasteiger charge is 2.01. The van der Waals surface area contributed by atoms with Gasteiger partial charge in [0.15, 0.2) is 0 Å². The maximum Gasteiger partial charge on any atom is 0.270 e. The van der Waals surface area contributed by atoms with Gasteiger partial charge in [0.25, 0.3) is 5.91 Å². The molecule has 0 aromatic carbocycles. The van der Waals surface area contributed by atoms with Crippen molar-refractivity contribution < 1.29 is 9.63 Å². The Morgan fingerprint density at radius 1 is 1.46 bits per heavy atom. The Balaban J connectivity index is 3.56. The summed E-state index contributed by atoms with van der Waals surface area (Å²) in [5.74, 6) is -0.141. The third-order valence-corrected chi connectivity index (χ3v) is 1.63. The van der Waals surface area contributed by atoms with Crippen molar-refractivity contribution in [2.75, 3.05) is 6.61 Å². The fourth-order valence-electron chi connectivity index (χ4n) is 0.812. The van der Waals surface area contributed by atoms with Crippen LogP contribution in [-0.4, -0.2) is 12.5 Å². The van der Waals surface area contributed by atoms with Crippen molar-refractivity contribution >= 4 is 5.91 Å². The van der Waals surface area contributed by atoms with E-state index in [2.05, 4.69) is 12.4 Å². The number of carbonyl (C=O) groups excluding carboxylic acids is 1. The van der Waals surface area contributed by atoms with Crippen LogP contribution in [0, 0.1) is 0 Å². The van der Waals surface area contributed by atoms with Gasteiger partial charge >= 0.3 is 0 Å². The minimum Gasteiger partial charge on any atom is -0.273 e. The van der Waals surface area contributed by atoms with Crippen LogP contribution in [0.3, 0.4) is 0 Å². The van der Waals surface area contributed by atoms with Crippen molar-refractivity contribution in [1.82, 2.24) is 5.48 Å². The highest BCUT2D eigenvalue weighted by Crippen LogP contribution is 1.95. The molecule has 0 saturated heterocycles. The first kappa shape index (κ1) is 12.2. The quantitative estimate of drug-likeness (QED) is 0.391. The molecule has 13 heavy (non-hydrogen) atoms. The summed E-state index contributed by atoms with van der Waals surface area (Å²) in [6.07, 6.45) is 4.78. The van der Waals surface area contributed by atoms with Gasteiger partial charge in [-0.3, -0.25) is 9.63 Å². The Kier molecular flexibility index (Phi) is 7.30. The molecule has 0 aromatic rings. The summed E-state index contributed by atoms with van der Waals surface area (Å²) >= 11 is 0. The Morgan fingerprint density at radius 3 is 2.69 bits per heavy atom. The summed E-state index contributed by atoms with van der Waals surface area (Å²) in [5.41, 5.74) is 3.10. The molecule has 0 bridgehead atoms. The van der Waals surface area contributed by atoms with Crippen LogP contribution in [0.2, 0.25) is 0 Å². The fourth-order valence-corrected chi connectivity index (χ4v) is 0.812. The Labute approximate surface area is 80.1 Å². The highest BCUT2D eigenvalue weighted by atomic mass is 16.6. The van der Waals surface area contributed by atoms with E-state index in [4.69, 9.17) is 4.84 Å². The number of unbranched alkanes of at least 4 members (excludes halogenated alkanes) is 1. The minimum atomic E-state index is -0.141. The predicted octanol–water partition coefficient (Wildman–Crippen LogP) is 2.19. The molecule has 76 valence electrons. The summed E-state index contributed by atoms with van der Waals surface area (Å²) in [6, 6.07) is 0. The molecular formula is C10H19NO2. The molecule has 0 atom stereocenters. The zero-order valence-corrected chi connectivity index (χ0v) is 8.72. The van der Waals surface area contributed by atoms with E-state index in [1.54, 1.807) is 6.92 Å². The number of carbonyl (C=O) groups is 1. The Morgan fingerprint density at radius 2 is 2.15 bits per heavy atom. The van der Waals surface area contributed by atoms with Crippen molar-refractivity contribution in [2.24, 2.45) is 0 Å². The monoisotopic (exact) mass is 185 g/mol. The lowest BCUT2D eigenvalue weighted by molar-refractivity contribution is -0.129. The van der Waals surface area contributed by atoms with Crippen molar-refractivity contribution in [3.63, 3.8) is 0 Å². The lowest BCUT2D eigenvalue weighted by atomic mass is 10.2. The first-order valence-corrected chi connectivity index (χ1v) is 4.81. The van der Waals surface area contributed by atoms with Crippen molar-refractivity contribution in [3.8, 4) is 0 Å². The van der Waals surface area contributed by atoms with Gasteiger partial charge in [0, 0.05) is 5.57 Å². The summed E-state index contributed by atoms with van der Waals surface area (Å²) in [6.45, 7) is 6.44. The van der Waals surface area contributed by atoms with Crippen LogP contribution in [-0.2, 0) is 9.63 Å². The second-order valence-corrected chi connectivity index (χ2v) is 2.93. The average molecular weight is 185 g/mol. The molecule has 1 amide bonds. The van der Waals surface area contributed by atoms with Gasteiger partial charge in [0.2, 0.25) is 0 Å². The first-order valence-electron chi connectivity index (χ1n) is 4.81. The lowest BCUT2D eigenvalue weighted by Crippen LogP contribution is -2.24. The van der Waals surface area contributed by atoms with Crippen molar-refractivity contribution in [2.45, 2.75) is 40.0 Å². The molecular weight excluding hydrogens is 166 g/mol. The molecule has 0 aromatic heterocycles. The molecule has 0 heterocycles. The van der Waals surface area contributed by atoms with Gasteiger partial charge in [-0.1, -0.05) is 26.3 Å². The summed E-state index contributed by atoms with van der Waals surface area (Å²) < 4.78 is 0. The van der Waals surface area contributed by atoms with Crippen LogP contribution in [0.1, 0.15) is 40.0 Å². The molecule has 0 aliphatic carbocycles. The van der Waals surface area contributed by atoms with Crippen molar-refractivity contribution in [3.05, 3.63) is 11.6 Å². The van der Waals surface area contributed by atoms with Crippen LogP contribution in [0.25, 0.3) is 0 Å². The van der Waals surface area contributed by atoms with Gasteiger partial charge in [0.05, 0.1) is 6.61 Å². The lowest BCUT2D eigenvalue weighted by Gasteiger charge is -2.04. The second kappa shape index (κ2) is 7.80. The molecule has 1 N–H and O–H groups in total. The predicted molar refractivity (Wildman–Crippen MR) is 53.1 cm³/mol. The summed E-state index contributed by atoms with van der Waals surface area (Å²) in [4.78, 5) is 16.2. The molecule has 0 spiro atoms. The molecule has 0 rings (SSSR count). The third-order valence-electron chi connectivity index (χ3n) is 1.63. The van der Waals surface area contributed by atoms with Gasteiger partial charge in [-0.05, 0) is 19.8 Å². The van der Waals surface area contributed by atoms with Crippen LogP contribution in [0.15, 0.2) is 11.6 Å². The molecule has 0 fully saturated rings. The second-order valence-electron chi connectivity index (χ2n) is 2.93. The van der Waals surface area contributed by atoms with Gasteiger partial charge in [-0.2, -0.15) is 0 Å². The smallest absolute Gasteiger partial charge is 0.270 e. The van der Waals surface area contributed by atoms with Crippen LogP contribution >= 0.6 is 0 Å². The molecule has 0 saturated carbocycles. The van der Waals surface area contributed by atoms with Gasteiger partial charge in [-0.15, -0.1) is 0 Å². The van der Waals surface area contributed by atoms with E-state index in [0.717, 1.165) is 19.3 Å². The van der Waals surface area contributed by atoms with Gasteiger partial charge < -0.3 is 0 Å². The molecule has 3 nitrogen and oxygen atoms in total. The van der Waals surface area contributed by atoms with E-state index in [1.165, 1.54) is 0 Å². The Hall–Kier alpha value is -0.830. The van der Waals surface area contributed by atoms with E-state index in [1.807, 2.05) is 13.0 Å². The SMILES string of the molecule is CCC=C(C)C(=O)NOCCCC. The average Bonchev–Trinajstić information content (AvgIpc) is 2.12. The maximum atomic E-state index is 11.2. The van der Waals surface area contributed by atoms with E-state index >= 15 is 0 Å². The Bertz CT molecular complexity index is 176. The number of hydrogen-bond donors (Lipinski definition) is 1. The maximum absolute atomic E-state index is 11.2. The van der Waals surface area contributed by atoms with Crippen LogP contribution in [0.4, 0.5) is 0 Å². The van der Waals surface area contributed by atoms with E-state index in [-0.39, 0.29) is 5.91 Å². The molecule has 0 aliphatic rings. The topological polar surface area (TPSA) is 38.3 Å². The fraction of sp³-hybridized carbons (Fsp3) is 0.700. The highest BCUT2D eigenvalue weighted by molar-refractivity contribution is 5.91. The standard InChI is InChI=1S/C10H19NO2/c1-4-6-8-13-11-10(12)9(3)7-5-2/h7H,4-6,8H2,1-3H3,(H,11,12). The number of hydrogen-bond acceptors (Lipinski definition) is 2. The summed E-state index contributed by atoms with van der Waals surface area (Å²) in [5, 5.41) is 0. The van der Waals surface area contributed by atoms with Gasteiger partial charge in [-0.25, -0.2) is 5.48 Å². The van der Waals surface area contributed by atoms with E-state index in [9.17, 15) is 4.79 Å². The molecule has 0 radical (unpaired) electrons.